The number of benzene rings is 3. The fourth-order valence-corrected chi connectivity index (χ4v) is 10.4. The fourth-order valence-electron chi connectivity index (χ4n) is 9.24. The Morgan fingerprint density at radius 1 is 0.705 bits per heavy atom. The monoisotopic (exact) mass is 829 g/mol. The van der Waals surface area contributed by atoms with Gasteiger partial charge in [0.25, 0.3) is 0 Å². The van der Waals surface area contributed by atoms with Crippen molar-refractivity contribution >= 4 is 27.4 Å². The zero-order valence-corrected chi connectivity index (χ0v) is 34.5. The van der Waals surface area contributed by atoms with Crippen LogP contribution in [0.2, 0.25) is 0 Å². The molecule has 14 heteroatoms. The Morgan fingerprint density at radius 2 is 1.30 bits per heavy atom. The number of fused-ring (bicyclic) bond motifs is 6. The number of sulfone groups is 1. The summed E-state index contributed by atoms with van der Waals surface area (Å²) >= 11 is 0. The van der Waals surface area contributed by atoms with Crippen LogP contribution in [0.5, 0.6) is 0 Å². The first-order chi connectivity index (χ1) is 29.7. The summed E-state index contributed by atoms with van der Waals surface area (Å²) in [6.45, 7) is 0.514. The number of carbonyl (C=O) groups is 2. The Balaban J connectivity index is 0.935. The van der Waals surface area contributed by atoms with E-state index in [2.05, 4.69) is 15.4 Å². The summed E-state index contributed by atoms with van der Waals surface area (Å²) in [6.07, 6.45) is 9.66. The minimum atomic E-state index is -3.88. The molecule has 1 saturated carbocycles. The van der Waals surface area contributed by atoms with Crippen LogP contribution < -0.4 is 5.32 Å². The first kappa shape index (κ1) is 38.5. The first-order valence-electron chi connectivity index (χ1n) is 20.8. The topological polar surface area (TPSA) is 168 Å². The van der Waals surface area contributed by atoms with E-state index in [1.54, 1.807) is 35.1 Å². The van der Waals surface area contributed by atoms with Gasteiger partial charge in [0.2, 0.25) is 32.5 Å². The summed E-state index contributed by atoms with van der Waals surface area (Å²) in [6, 6.07) is 27.5. The smallest absolute Gasteiger partial charge is 0.248 e. The Bertz CT molecular complexity index is 2930. The van der Waals surface area contributed by atoms with Gasteiger partial charge in [-0.2, -0.15) is 10.2 Å². The lowest BCUT2D eigenvalue weighted by Crippen LogP contribution is -2.30. The molecule has 0 amide bonds. The number of aryl methyl sites for hydroxylation is 3. The minimum Gasteiger partial charge on any atom is -0.351 e. The largest absolute Gasteiger partial charge is 0.351 e. The van der Waals surface area contributed by atoms with Gasteiger partial charge < -0.3 is 5.32 Å². The highest BCUT2D eigenvalue weighted by atomic mass is 32.2. The predicted molar refractivity (Wildman–Crippen MR) is 229 cm³/mol. The molecule has 4 aromatic heterocycles. The number of hydrogen-bond acceptors (Lipinski definition) is 11. The van der Waals surface area contributed by atoms with Crippen LogP contribution in [0, 0.1) is 5.92 Å². The normalized spacial score (nSPS) is 16.8. The summed E-state index contributed by atoms with van der Waals surface area (Å²) < 4.78 is 31.0. The zero-order chi connectivity index (χ0) is 41.7. The van der Waals surface area contributed by atoms with Crippen molar-refractivity contribution in [2.45, 2.75) is 74.9 Å². The Hall–Kier alpha value is -6.67. The molecule has 2 atom stereocenters. The van der Waals surface area contributed by atoms with E-state index in [4.69, 9.17) is 20.1 Å². The third-order valence-electron chi connectivity index (χ3n) is 12.2. The second kappa shape index (κ2) is 15.7. The molecule has 0 aliphatic heterocycles. The van der Waals surface area contributed by atoms with E-state index in [0.29, 0.717) is 77.6 Å². The summed E-state index contributed by atoms with van der Waals surface area (Å²) in [5.74, 6) is 0.207. The van der Waals surface area contributed by atoms with Gasteiger partial charge in [-0.25, -0.2) is 28.4 Å². The molecule has 306 valence electrons. The van der Waals surface area contributed by atoms with Crippen LogP contribution in [0.4, 0.5) is 5.95 Å². The van der Waals surface area contributed by atoms with Crippen LogP contribution in [-0.2, 0) is 54.9 Å². The van der Waals surface area contributed by atoms with Crippen LogP contribution in [0.25, 0.3) is 22.8 Å². The van der Waals surface area contributed by atoms with Gasteiger partial charge in [0.1, 0.15) is 11.4 Å². The molecule has 10 rings (SSSR count). The van der Waals surface area contributed by atoms with Crippen LogP contribution >= 0.6 is 0 Å². The third kappa shape index (κ3) is 7.34. The molecular formula is C47H43N9O4S. The van der Waals surface area contributed by atoms with Crippen molar-refractivity contribution in [1.82, 2.24) is 39.5 Å². The zero-order valence-electron chi connectivity index (χ0n) is 33.7. The SMILES string of the molecule is Cn1nc(C(=O)c2ccccc2)c2c1-c1nc(NC3CCCC(Cn4nc(C(=O)c5ccccc5)c5c4-c4nc(S(=O)(=O)Cc6ccccc6)ncc4CC5)C3)ncc1CC2. The number of rotatable bonds is 11. The van der Waals surface area contributed by atoms with E-state index in [1.807, 2.05) is 84.7 Å². The van der Waals surface area contributed by atoms with E-state index in [1.165, 1.54) is 0 Å². The van der Waals surface area contributed by atoms with E-state index >= 15 is 0 Å². The maximum Gasteiger partial charge on any atom is 0.248 e. The van der Waals surface area contributed by atoms with E-state index in [9.17, 15) is 18.0 Å². The van der Waals surface area contributed by atoms with Gasteiger partial charge in [0.05, 0.1) is 28.5 Å². The molecule has 61 heavy (non-hydrogen) atoms. The number of anilines is 1. The summed E-state index contributed by atoms with van der Waals surface area (Å²) in [4.78, 5) is 46.5. The van der Waals surface area contributed by atoms with Crippen molar-refractivity contribution in [3.05, 3.63) is 154 Å². The van der Waals surface area contributed by atoms with E-state index in [-0.39, 0.29) is 34.4 Å². The predicted octanol–water partition coefficient (Wildman–Crippen LogP) is 6.83. The van der Waals surface area contributed by atoms with Crippen molar-refractivity contribution in [3.8, 4) is 22.8 Å². The number of ketones is 2. The molecule has 3 aromatic carbocycles. The molecule has 13 nitrogen and oxygen atoms in total. The summed E-state index contributed by atoms with van der Waals surface area (Å²) in [5, 5.41) is 13.1. The maximum absolute atomic E-state index is 14.1. The average Bonchev–Trinajstić information content (AvgIpc) is 3.84. The minimum absolute atomic E-state index is 0.0720. The molecule has 3 aliphatic rings. The highest BCUT2D eigenvalue weighted by Crippen LogP contribution is 2.39. The average molecular weight is 830 g/mol. The van der Waals surface area contributed by atoms with Crippen LogP contribution in [0.15, 0.2) is 109 Å². The third-order valence-corrected chi connectivity index (χ3v) is 13.6. The van der Waals surface area contributed by atoms with Crippen molar-refractivity contribution in [2.24, 2.45) is 13.0 Å². The summed E-state index contributed by atoms with van der Waals surface area (Å²) in [5.41, 5.74) is 9.00. The van der Waals surface area contributed by atoms with E-state index < -0.39 is 9.84 Å². The first-order valence-corrected chi connectivity index (χ1v) is 22.5. The second-order valence-corrected chi connectivity index (χ2v) is 18.1. The van der Waals surface area contributed by atoms with Crippen molar-refractivity contribution in [1.29, 1.82) is 0 Å². The van der Waals surface area contributed by atoms with Gasteiger partial charge in [-0.05, 0) is 67.6 Å². The molecule has 0 spiro atoms. The highest BCUT2D eigenvalue weighted by molar-refractivity contribution is 7.90. The number of nitrogens with one attached hydrogen (secondary N) is 1. The van der Waals surface area contributed by atoms with Gasteiger partial charge in [0, 0.05) is 54.3 Å². The van der Waals surface area contributed by atoms with Gasteiger partial charge in [-0.15, -0.1) is 0 Å². The second-order valence-electron chi connectivity index (χ2n) is 16.3. The van der Waals surface area contributed by atoms with Gasteiger partial charge in [-0.1, -0.05) is 97.4 Å². The Kier molecular flexibility index (Phi) is 9.94. The van der Waals surface area contributed by atoms with E-state index in [0.717, 1.165) is 59.3 Å². The van der Waals surface area contributed by atoms with Gasteiger partial charge in [-0.3, -0.25) is 19.0 Å². The van der Waals surface area contributed by atoms with Crippen molar-refractivity contribution in [3.63, 3.8) is 0 Å². The van der Waals surface area contributed by atoms with Crippen molar-refractivity contribution < 1.29 is 18.0 Å². The molecule has 1 N–H and O–H groups in total. The maximum atomic E-state index is 14.1. The Morgan fingerprint density at radius 3 is 1.97 bits per heavy atom. The number of carbonyl (C=O) groups excluding carboxylic acids is 2. The van der Waals surface area contributed by atoms with Crippen LogP contribution in [-0.4, -0.2) is 65.5 Å². The molecule has 7 aromatic rings. The fraction of sp³-hybridized carbons (Fsp3) is 0.277. The molecule has 3 aliphatic carbocycles. The molecule has 2 unspecified atom stereocenters. The number of aromatic nitrogens is 8. The van der Waals surface area contributed by atoms with Gasteiger partial charge in [0.15, 0.2) is 0 Å². The number of hydrogen-bond donors (Lipinski definition) is 1. The lowest BCUT2D eigenvalue weighted by atomic mass is 9.85. The standard InChI is InChI=1S/C47H43N9O4S/c1-55-42-36(40(53-55)44(57)31-15-7-3-8-16-31)22-20-33-25-48-46(51-38(33)42)50-35-19-11-14-30(24-35)27-56-43-37(41(54-56)45(58)32-17-9-4-10-18-32)23-21-34-26-49-47(52-39(34)43)61(59,60)28-29-12-5-2-6-13-29/h2-10,12-13,15-18,25-26,30,35H,11,14,19-24,27-28H2,1H3,(H,48,50,51). The highest BCUT2D eigenvalue weighted by Gasteiger charge is 2.34. The summed E-state index contributed by atoms with van der Waals surface area (Å²) in [7, 11) is -2.02. The molecule has 4 heterocycles. The quantitative estimate of drug-likeness (QED) is 0.107. The molecule has 0 bridgehead atoms. The molecule has 0 radical (unpaired) electrons. The molecular weight excluding hydrogens is 787 g/mol. The Labute approximate surface area is 353 Å². The molecule has 0 saturated heterocycles. The number of nitrogens with zero attached hydrogens (tertiary/aromatic N) is 8. The van der Waals surface area contributed by atoms with Crippen LogP contribution in [0.3, 0.4) is 0 Å². The molecule has 1 fully saturated rings. The lowest BCUT2D eigenvalue weighted by molar-refractivity contribution is 0.102. The van der Waals surface area contributed by atoms with Crippen molar-refractivity contribution in [2.75, 3.05) is 5.32 Å². The van der Waals surface area contributed by atoms with Crippen LogP contribution in [0.1, 0.15) is 85.6 Å². The lowest BCUT2D eigenvalue weighted by Gasteiger charge is -2.30. The van der Waals surface area contributed by atoms with Gasteiger partial charge >= 0.3 is 0 Å².